The highest BCUT2D eigenvalue weighted by atomic mass is 15.1. The summed E-state index contributed by atoms with van der Waals surface area (Å²) in [5.74, 6) is 2.68. The highest BCUT2D eigenvalue weighted by Gasteiger charge is 2.11. The third-order valence-corrected chi connectivity index (χ3v) is 3.34. The van der Waals surface area contributed by atoms with Crippen LogP contribution in [0.15, 0.2) is 6.33 Å². The SMILES string of the molecule is CCc1c(NC)ncnc1NC(C)CCCC(C)C. The lowest BCUT2D eigenvalue weighted by molar-refractivity contribution is 0.520. The van der Waals surface area contributed by atoms with E-state index in [0.717, 1.165) is 24.0 Å². The third kappa shape index (κ3) is 5.05. The van der Waals surface area contributed by atoms with Crippen molar-refractivity contribution in [2.45, 2.75) is 59.4 Å². The van der Waals surface area contributed by atoms with E-state index >= 15 is 0 Å². The Balaban J connectivity index is 2.60. The molecule has 0 saturated carbocycles. The van der Waals surface area contributed by atoms with Gasteiger partial charge in [-0.25, -0.2) is 9.97 Å². The third-order valence-electron chi connectivity index (χ3n) is 3.34. The van der Waals surface area contributed by atoms with E-state index in [1.54, 1.807) is 6.33 Å². The average Bonchev–Trinajstić information content (AvgIpc) is 2.37. The normalized spacial score (nSPS) is 12.5. The minimum absolute atomic E-state index is 0.448. The Hall–Kier alpha value is -1.32. The van der Waals surface area contributed by atoms with Gasteiger partial charge in [0.15, 0.2) is 0 Å². The van der Waals surface area contributed by atoms with Crippen molar-refractivity contribution in [1.82, 2.24) is 9.97 Å². The first-order valence-electron chi connectivity index (χ1n) is 7.36. The number of hydrogen-bond donors (Lipinski definition) is 2. The van der Waals surface area contributed by atoms with E-state index in [-0.39, 0.29) is 0 Å². The van der Waals surface area contributed by atoms with Crippen molar-refractivity contribution in [3.63, 3.8) is 0 Å². The van der Waals surface area contributed by atoms with Crippen molar-refractivity contribution in [3.8, 4) is 0 Å². The van der Waals surface area contributed by atoms with Crippen molar-refractivity contribution in [3.05, 3.63) is 11.9 Å². The molecule has 19 heavy (non-hydrogen) atoms. The Morgan fingerprint density at radius 2 is 1.79 bits per heavy atom. The minimum Gasteiger partial charge on any atom is -0.373 e. The van der Waals surface area contributed by atoms with Gasteiger partial charge in [0.1, 0.15) is 18.0 Å². The fourth-order valence-corrected chi connectivity index (χ4v) is 2.22. The van der Waals surface area contributed by atoms with E-state index in [1.807, 2.05) is 7.05 Å². The summed E-state index contributed by atoms with van der Waals surface area (Å²) >= 11 is 0. The molecule has 1 aromatic heterocycles. The molecule has 0 amide bonds. The van der Waals surface area contributed by atoms with E-state index in [2.05, 4.69) is 48.3 Å². The summed E-state index contributed by atoms with van der Waals surface area (Å²) in [5, 5.41) is 6.65. The first-order chi connectivity index (χ1) is 9.08. The van der Waals surface area contributed by atoms with Crippen LogP contribution >= 0.6 is 0 Å². The molecule has 1 aromatic rings. The van der Waals surface area contributed by atoms with Gasteiger partial charge in [0.2, 0.25) is 0 Å². The minimum atomic E-state index is 0.448. The largest absolute Gasteiger partial charge is 0.373 e. The van der Waals surface area contributed by atoms with Gasteiger partial charge in [-0.15, -0.1) is 0 Å². The van der Waals surface area contributed by atoms with Crippen LogP contribution < -0.4 is 10.6 Å². The van der Waals surface area contributed by atoms with Crippen molar-refractivity contribution >= 4 is 11.6 Å². The molecule has 2 N–H and O–H groups in total. The van der Waals surface area contributed by atoms with Gasteiger partial charge in [0, 0.05) is 18.7 Å². The molecule has 4 nitrogen and oxygen atoms in total. The average molecular weight is 264 g/mol. The number of nitrogens with zero attached hydrogens (tertiary/aromatic N) is 2. The number of rotatable bonds is 8. The molecule has 0 aliphatic carbocycles. The summed E-state index contributed by atoms with van der Waals surface area (Å²) < 4.78 is 0. The second kappa shape index (κ2) is 7.97. The van der Waals surface area contributed by atoms with Crippen LogP contribution in [0.1, 0.15) is 52.5 Å². The van der Waals surface area contributed by atoms with Crippen LogP contribution in [0.5, 0.6) is 0 Å². The Bertz CT molecular complexity index is 376. The van der Waals surface area contributed by atoms with E-state index < -0.39 is 0 Å². The lowest BCUT2D eigenvalue weighted by Crippen LogP contribution is -2.18. The van der Waals surface area contributed by atoms with Crippen LogP contribution in [0, 0.1) is 5.92 Å². The molecule has 0 aliphatic rings. The predicted molar refractivity (Wildman–Crippen MR) is 82.7 cm³/mol. The summed E-state index contributed by atoms with van der Waals surface area (Å²) in [6, 6.07) is 0.448. The Labute approximate surface area is 117 Å². The highest BCUT2D eigenvalue weighted by molar-refractivity contribution is 5.57. The van der Waals surface area contributed by atoms with Crippen molar-refractivity contribution in [2.75, 3.05) is 17.7 Å². The van der Waals surface area contributed by atoms with E-state index in [9.17, 15) is 0 Å². The van der Waals surface area contributed by atoms with Gasteiger partial charge in [-0.2, -0.15) is 0 Å². The summed E-state index contributed by atoms with van der Waals surface area (Å²) in [6.45, 7) is 8.91. The van der Waals surface area contributed by atoms with Crippen LogP contribution in [0.4, 0.5) is 11.6 Å². The maximum atomic E-state index is 4.38. The zero-order valence-electron chi connectivity index (χ0n) is 13.0. The topological polar surface area (TPSA) is 49.8 Å². The quantitative estimate of drug-likeness (QED) is 0.751. The molecule has 0 aromatic carbocycles. The van der Waals surface area contributed by atoms with Crippen molar-refractivity contribution in [1.29, 1.82) is 0 Å². The number of hydrogen-bond acceptors (Lipinski definition) is 4. The van der Waals surface area contributed by atoms with Gasteiger partial charge in [-0.3, -0.25) is 0 Å². The zero-order chi connectivity index (χ0) is 14.3. The molecular weight excluding hydrogens is 236 g/mol. The molecule has 0 bridgehead atoms. The molecule has 0 fully saturated rings. The maximum absolute atomic E-state index is 4.38. The number of nitrogens with one attached hydrogen (secondary N) is 2. The van der Waals surface area contributed by atoms with E-state index in [0.29, 0.717) is 6.04 Å². The lowest BCUT2D eigenvalue weighted by Gasteiger charge is -2.18. The summed E-state index contributed by atoms with van der Waals surface area (Å²) in [7, 11) is 1.90. The van der Waals surface area contributed by atoms with Gasteiger partial charge in [0.25, 0.3) is 0 Å². The Morgan fingerprint density at radius 3 is 2.37 bits per heavy atom. The summed E-state index contributed by atoms with van der Waals surface area (Å²) in [5.41, 5.74) is 1.17. The highest BCUT2D eigenvalue weighted by Crippen LogP contribution is 2.21. The fraction of sp³-hybridized carbons (Fsp3) is 0.733. The first kappa shape index (κ1) is 15.7. The van der Waals surface area contributed by atoms with Gasteiger partial charge >= 0.3 is 0 Å². The molecule has 0 saturated heterocycles. The van der Waals surface area contributed by atoms with E-state index in [4.69, 9.17) is 0 Å². The standard InChI is InChI=1S/C15H28N4/c1-6-13-14(16-5)17-10-18-15(13)19-12(4)9-7-8-11(2)3/h10-12H,6-9H2,1-5H3,(H2,16,17,18,19). The molecular formula is C15H28N4. The Kier molecular flexibility index (Phi) is 6.60. The molecule has 1 rings (SSSR count). The van der Waals surface area contributed by atoms with Gasteiger partial charge in [-0.1, -0.05) is 33.6 Å². The monoisotopic (exact) mass is 264 g/mol. The Morgan fingerprint density at radius 1 is 1.11 bits per heavy atom. The molecule has 1 atom stereocenters. The van der Waals surface area contributed by atoms with Crippen LogP contribution in [0.25, 0.3) is 0 Å². The fourth-order valence-electron chi connectivity index (χ4n) is 2.22. The molecule has 0 radical (unpaired) electrons. The smallest absolute Gasteiger partial charge is 0.134 e. The van der Waals surface area contributed by atoms with E-state index in [1.165, 1.54) is 24.8 Å². The predicted octanol–water partition coefficient (Wildman–Crippen LogP) is 3.71. The zero-order valence-corrected chi connectivity index (χ0v) is 13.0. The molecule has 1 unspecified atom stereocenters. The number of aromatic nitrogens is 2. The van der Waals surface area contributed by atoms with Crippen molar-refractivity contribution < 1.29 is 0 Å². The van der Waals surface area contributed by atoms with Crippen LogP contribution in [-0.4, -0.2) is 23.1 Å². The molecule has 1 heterocycles. The van der Waals surface area contributed by atoms with Crippen molar-refractivity contribution in [2.24, 2.45) is 5.92 Å². The second-order valence-electron chi connectivity index (χ2n) is 5.52. The second-order valence-corrected chi connectivity index (χ2v) is 5.52. The lowest BCUT2D eigenvalue weighted by atomic mass is 10.0. The first-order valence-corrected chi connectivity index (χ1v) is 7.36. The summed E-state index contributed by atoms with van der Waals surface area (Å²) in [4.78, 5) is 8.64. The van der Waals surface area contributed by atoms with Crippen LogP contribution in [0.2, 0.25) is 0 Å². The number of anilines is 2. The molecule has 0 spiro atoms. The van der Waals surface area contributed by atoms with Gasteiger partial charge < -0.3 is 10.6 Å². The summed E-state index contributed by atoms with van der Waals surface area (Å²) in [6.07, 6.45) is 6.28. The maximum Gasteiger partial charge on any atom is 0.134 e. The van der Waals surface area contributed by atoms with Crippen LogP contribution in [0.3, 0.4) is 0 Å². The molecule has 108 valence electrons. The molecule has 4 heteroatoms. The van der Waals surface area contributed by atoms with Gasteiger partial charge in [0.05, 0.1) is 0 Å². The molecule has 0 aliphatic heterocycles. The van der Waals surface area contributed by atoms with Gasteiger partial charge in [-0.05, 0) is 25.7 Å². The van der Waals surface area contributed by atoms with Crippen LogP contribution in [-0.2, 0) is 6.42 Å².